The molecule has 4 rings (SSSR count). The molecule has 0 aliphatic rings. The van der Waals surface area contributed by atoms with Crippen LogP contribution in [0, 0.1) is 0 Å². The Balaban J connectivity index is 0.000000858. The van der Waals surface area contributed by atoms with Gasteiger partial charge in [0.1, 0.15) is 0 Å². The molecule has 0 bridgehead atoms. The second-order valence-electron chi connectivity index (χ2n) is 6.69. The van der Waals surface area contributed by atoms with Crippen LogP contribution >= 0.6 is 56.8 Å². The van der Waals surface area contributed by atoms with E-state index < -0.39 is 0 Å². The van der Waals surface area contributed by atoms with Crippen LogP contribution in [-0.2, 0) is 8.07 Å². The van der Waals surface area contributed by atoms with Crippen molar-refractivity contribution < 1.29 is 8.07 Å². The number of hydrogen-bond donors (Lipinski definition) is 0. The molecule has 0 nitrogen and oxygen atoms in total. The summed E-state index contributed by atoms with van der Waals surface area (Å²) < 4.78 is 0. The predicted molar refractivity (Wildman–Crippen MR) is 156 cm³/mol. The van der Waals surface area contributed by atoms with Crippen LogP contribution in [0.25, 0.3) is 0 Å². The topological polar surface area (TPSA) is 0 Å². The summed E-state index contributed by atoms with van der Waals surface area (Å²) >= 11 is 4.43. The Hall–Kier alpha value is -0.306. The molecule has 0 aromatic heterocycles. The molecule has 0 atom stereocenters. The molecule has 0 amide bonds. The zero-order valence-electron chi connectivity index (χ0n) is 16.9. The summed E-state index contributed by atoms with van der Waals surface area (Å²) in [6.45, 7) is 0. The Morgan fingerprint density at radius 3 is 0.806 bits per heavy atom. The average Bonchev–Trinajstić information content (AvgIpc) is 2.85. The molecule has 0 radical (unpaired) electrons. The molecule has 0 aliphatic carbocycles. The van der Waals surface area contributed by atoms with Crippen LogP contribution in [0.5, 0.6) is 0 Å². The number of hydrogen-bond acceptors (Lipinski definition) is 0. The van der Waals surface area contributed by atoms with Crippen LogP contribution in [0.3, 0.4) is 0 Å². The molecular formula is C26H24I2NiP2. The Morgan fingerprint density at radius 2 is 0.613 bits per heavy atom. The van der Waals surface area contributed by atoms with E-state index >= 15 is 0 Å². The third-order valence-electron chi connectivity index (χ3n) is 4.82. The summed E-state index contributed by atoms with van der Waals surface area (Å²) in [7, 11) is 0.869. The average molecular weight is 711 g/mol. The van der Waals surface area contributed by atoms with Gasteiger partial charge >= 0.3 is 49.0 Å². The van der Waals surface area contributed by atoms with E-state index in [4.69, 9.17) is 0 Å². The summed E-state index contributed by atoms with van der Waals surface area (Å²) in [5.41, 5.74) is 0. The Bertz CT molecular complexity index is 825. The van der Waals surface area contributed by atoms with Gasteiger partial charge in [-0.05, 0) is 49.4 Å². The van der Waals surface area contributed by atoms with Crippen LogP contribution in [0.2, 0.25) is 0 Å². The zero-order chi connectivity index (χ0) is 21.7. The van der Waals surface area contributed by atoms with Crippen molar-refractivity contribution in [1.29, 1.82) is 0 Å². The minimum Gasteiger partial charge on any atom is -0.0622 e. The fraction of sp³-hybridized carbons (Fsp3) is 0.0769. The molecule has 0 aliphatic heterocycles. The molecule has 0 saturated carbocycles. The smallest absolute Gasteiger partial charge is 0.0195 e. The van der Waals surface area contributed by atoms with Gasteiger partial charge in [-0.25, -0.2) is 0 Å². The van der Waals surface area contributed by atoms with Gasteiger partial charge in [-0.2, -0.15) is 0 Å². The molecule has 0 unspecified atom stereocenters. The van der Waals surface area contributed by atoms with Crippen molar-refractivity contribution in [1.82, 2.24) is 0 Å². The molecule has 0 heterocycles. The quantitative estimate of drug-likeness (QED) is 0.110. The summed E-state index contributed by atoms with van der Waals surface area (Å²) in [5, 5.41) is 5.89. The molecule has 0 fully saturated rings. The molecule has 4 aromatic rings. The van der Waals surface area contributed by atoms with Gasteiger partial charge in [0.15, 0.2) is 0 Å². The normalized spacial score (nSPS) is 10.7. The first kappa shape index (κ1) is 25.3. The summed E-state index contributed by atoms with van der Waals surface area (Å²) in [5.74, 6) is 0. The first-order valence-electron chi connectivity index (χ1n) is 9.91. The minimum atomic E-state index is -0.348. The van der Waals surface area contributed by atoms with Crippen molar-refractivity contribution in [3.63, 3.8) is 0 Å². The second-order valence-corrected chi connectivity index (χ2v) is 19.7. The standard InChI is InChI=1S/C26H24P2.2HI.Ni/c1-5-13-23(14-6-1)27(24-15-7-2-8-16-24)21-22-28(25-17-9-3-10-18-25)26-19-11-4-12-20-26;;;/h1-20H,21-22H2;2*1H;/q;;;+2/p-2. The van der Waals surface area contributed by atoms with E-state index in [0.29, 0.717) is 0 Å². The van der Waals surface area contributed by atoms with Crippen LogP contribution in [-0.4, -0.2) is 12.3 Å². The van der Waals surface area contributed by atoms with Crippen molar-refractivity contribution in [3.8, 4) is 0 Å². The summed E-state index contributed by atoms with van der Waals surface area (Å²) in [6, 6.07) is 44.2. The summed E-state index contributed by atoms with van der Waals surface area (Å²) in [6.07, 6.45) is 2.41. The fourth-order valence-electron chi connectivity index (χ4n) is 3.45. The minimum absolute atomic E-state index is 0.348. The van der Waals surface area contributed by atoms with E-state index in [0.717, 1.165) is 0 Å². The van der Waals surface area contributed by atoms with Gasteiger partial charge in [0.25, 0.3) is 0 Å². The monoisotopic (exact) mass is 710 g/mol. The fourth-order valence-corrected chi connectivity index (χ4v) is 8.80. The van der Waals surface area contributed by atoms with Crippen LogP contribution < -0.4 is 21.2 Å². The maximum Gasteiger partial charge on any atom is -0.0195 e. The van der Waals surface area contributed by atoms with E-state index in [1.807, 2.05) is 0 Å². The number of benzene rings is 4. The van der Waals surface area contributed by atoms with Gasteiger partial charge in [0.2, 0.25) is 0 Å². The maximum absolute atomic E-state index is 2.30. The molecule has 4 aromatic carbocycles. The van der Waals surface area contributed by atoms with Gasteiger partial charge in [-0.15, -0.1) is 0 Å². The van der Waals surface area contributed by atoms with Crippen LogP contribution in [0.15, 0.2) is 121 Å². The van der Waals surface area contributed by atoms with E-state index in [2.05, 4.69) is 162 Å². The molecule has 0 N–H and O–H groups in total. The predicted octanol–water partition coefficient (Wildman–Crippen LogP) is 7.02. The second kappa shape index (κ2) is 14.8. The molecule has 5 heteroatoms. The molecule has 0 saturated heterocycles. The molecule has 162 valence electrons. The van der Waals surface area contributed by atoms with E-state index in [-0.39, 0.29) is 15.8 Å². The third-order valence-corrected chi connectivity index (χ3v) is 10.2. The Kier molecular flexibility index (Phi) is 12.1. The van der Waals surface area contributed by atoms with Crippen molar-refractivity contribution in [2.75, 3.05) is 12.3 Å². The summed E-state index contributed by atoms with van der Waals surface area (Å²) in [4.78, 5) is 0. The van der Waals surface area contributed by atoms with Crippen LogP contribution in [0.4, 0.5) is 0 Å². The van der Waals surface area contributed by atoms with E-state index in [9.17, 15) is 0 Å². The van der Waals surface area contributed by atoms with Gasteiger partial charge < -0.3 is 0 Å². The van der Waals surface area contributed by atoms with Crippen molar-refractivity contribution in [3.05, 3.63) is 121 Å². The first-order valence-corrected chi connectivity index (χ1v) is 19.3. The molecule has 31 heavy (non-hydrogen) atoms. The third kappa shape index (κ3) is 8.20. The first-order chi connectivity index (χ1) is 15.3. The van der Waals surface area contributed by atoms with Gasteiger partial charge in [0, 0.05) is 0 Å². The van der Waals surface area contributed by atoms with E-state index in [1.165, 1.54) is 33.5 Å². The SMILES string of the molecule is [I][Ni][I].c1ccc(P(CCP(c2ccccc2)c2ccccc2)c2ccccc2)cc1. The molecule has 0 spiro atoms. The zero-order valence-corrected chi connectivity index (χ0v) is 24.0. The number of halogens is 2. The Morgan fingerprint density at radius 1 is 0.419 bits per heavy atom. The molecular weight excluding hydrogens is 687 g/mol. The van der Waals surface area contributed by atoms with E-state index in [1.54, 1.807) is 8.07 Å². The Labute approximate surface area is 217 Å². The van der Waals surface area contributed by atoms with Crippen molar-refractivity contribution >= 4 is 78.0 Å². The van der Waals surface area contributed by atoms with Crippen molar-refractivity contribution in [2.24, 2.45) is 0 Å². The van der Waals surface area contributed by atoms with Gasteiger partial charge in [-0.3, -0.25) is 0 Å². The van der Waals surface area contributed by atoms with Gasteiger partial charge in [0.05, 0.1) is 0 Å². The van der Waals surface area contributed by atoms with Gasteiger partial charge in [-0.1, -0.05) is 121 Å². The largest absolute Gasteiger partial charge is 0.0622 e. The van der Waals surface area contributed by atoms with Crippen LogP contribution in [0.1, 0.15) is 0 Å². The van der Waals surface area contributed by atoms with Crippen molar-refractivity contribution in [2.45, 2.75) is 0 Å². The maximum atomic E-state index is 2.30. The number of rotatable bonds is 7.